The zero-order chi connectivity index (χ0) is 13.6. The number of nitrogens with one attached hydrogen (secondary N) is 1. The lowest BCUT2D eigenvalue weighted by atomic mass is 9.87. The highest BCUT2D eigenvalue weighted by atomic mass is 16.4. The van der Waals surface area contributed by atoms with Gasteiger partial charge in [0.2, 0.25) is 0 Å². The summed E-state index contributed by atoms with van der Waals surface area (Å²) in [5.41, 5.74) is -0.595. The van der Waals surface area contributed by atoms with Crippen molar-refractivity contribution < 1.29 is 19.8 Å². The molecule has 0 aliphatic rings. The smallest absolute Gasteiger partial charge is 0.328 e. The van der Waals surface area contributed by atoms with Crippen LogP contribution in [-0.4, -0.2) is 28.7 Å². The molecule has 0 aromatic heterocycles. The molecule has 5 heteroatoms. The second-order valence-electron chi connectivity index (χ2n) is 4.00. The third kappa shape index (κ3) is 3.07. The number of hydrogen-bond acceptors (Lipinski definition) is 3. The van der Waals surface area contributed by atoms with Crippen LogP contribution in [0.25, 0.3) is 0 Å². The third-order valence-electron chi connectivity index (χ3n) is 2.93. The van der Waals surface area contributed by atoms with Crippen molar-refractivity contribution >= 4 is 11.9 Å². The highest BCUT2D eigenvalue weighted by Gasteiger charge is 2.37. The molecule has 1 atom stereocenters. The van der Waals surface area contributed by atoms with Crippen LogP contribution in [0.4, 0.5) is 0 Å². The van der Waals surface area contributed by atoms with Crippen LogP contribution in [0.5, 0.6) is 0 Å². The first-order chi connectivity index (χ1) is 8.53. The fourth-order valence-corrected chi connectivity index (χ4v) is 1.89. The van der Waals surface area contributed by atoms with Crippen molar-refractivity contribution in [2.75, 3.05) is 6.54 Å². The van der Waals surface area contributed by atoms with Crippen LogP contribution < -0.4 is 5.32 Å². The van der Waals surface area contributed by atoms with Crippen LogP contribution in [-0.2, 0) is 15.1 Å². The van der Waals surface area contributed by atoms with Crippen LogP contribution in [0.15, 0.2) is 30.3 Å². The molecule has 1 rings (SSSR count). The summed E-state index contributed by atoms with van der Waals surface area (Å²) < 4.78 is 0. The van der Waals surface area contributed by atoms with E-state index in [1.807, 2.05) is 6.07 Å². The van der Waals surface area contributed by atoms with E-state index < -0.39 is 17.5 Å². The van der Waals surface area contributed by atoms with Crippen molar-refractivity contribution in [3.8, 4) is 0 Å². The van der Waals surface area contributed by atoms with E-state index in [1.165, 1.54) is 0 Å². The lowest BCUT2D eigenvalue weighted by Crippen LogP contribution is -2.49. The molecule has 0 aliphatic carbocycles. The number of hydrogen-bond donors (Lipinski definition) is 3. The van der Waals surface area contributed by atoms with Gasteiger partial charge in [0.25, 0.3) is 0 Å². The first kappa shape index (κ1) is 14.2. The SMILES string of the molecule is CC[C@@](NCCC(=O)O)(C(=O)O)c1ccccc1. The van der Waals surface area contributed by atoms with Gasteiger partial charge >= 0.3 is 11.9 Å². The Bertz CT molecular complexity index is 418. The Morgan fingerprint density at radius 3 is 2.28 bits per heavy atom. The summed E-state index contributed by atoms with van der Waals surface area (Å²) in [7, 11) is 0. The van der Waals surface area contributed by atoms with Crippen molar-refractivity contribution in [2.45, 2.75) is 25.3 Å². The van der Waals surface area contributed by atoms with Crippen molar-refractivity contribution in [3.63, 3.8) is 0 Å². The Kier molecular flexibility index (Phi) is 4.85. The molecule has 0 saturated carbocycles. The van der Waals surface area contributed by atoms with Gasteiger partial charge in [-0.15, -0.1) is 0 Å². The quantitative estimate of drug-likeness (QED) is 0.682. The highest BCUT2D eigenvalue weighted by Crippen LogP contribution is 2.25. The molecule has 0 radical (unpaired) electrons. The number of carboxylic acids is 2. The Morgan fingerprint density at radius 2 is 1.83 bits per heavy atom. The summed E-state index contributed by atoms with van der Waals surface area (Å²) >= 11 is 0. The molecule has 98 valence electrons. The first-order valence-electron chi connectivity index (χ1n) is 5.78. The normalized spacial score (nSPS) is 13.8. The molecule has 0 aliphatic heterocycles. The Balaban J connectivity index is 2.95. The molecule has 0 heterocycles. The minimum Gasteiger partial charge on any atom is -0.481 e. The average molecular weight is 251 g/mol. The van der Waals surface area contributed by atoms with Gasteiger partial charge < -0.3 is 10.2 Å². The number of rotatable bonds is 7. The molecule has 0 bridgehead atoms. The minimum atomic E-state index is -1.23. The highest BCUT2D eigenvalue weighted by molar-refractivity contribution is 5.80. The van der Waals surface area contributed by atoms with Gasteiger partial charge in [-0.25, -0.2) is 4.79 Å². The fourth-order valence-electron chi connectivity index (χ4n) is 1.89. The van der Waals surface area contributed by atoms with E-state index in [9.17, 15) is 14.7 Å². The summed E-state index contributed by atoms with van der Waals surface area (Å²) in [6.07, 6.45) is 0.230. The van der Waals surface area contributed by atoms with Gasteiger partial charge in [-0.05, 0) is 12.0 Å². The van der Waals surface area contributed by atoms with Crippen molar-refractivity contribution in [1.82, 2.24) is 5.32 Å². The van der Waals surface area contributed by atoms with Crippen LogP contribution in [0.3, 0.4) is 0 Å². The minimum absolute atomic E-state index is 0.109. The van der Waals surface area contributed by atoms with E-state index in [1.54, 1.807) is 31.2 Å². The summed E-state index contributed by atoms with van der Waals surface area (Å²) in [5, 5.41) is 20.9. The average Bonchev–Trinajstić information content (AvgIpc) is 2.35. The Hall–Kier alpha value is -1.88. The zero-order valence-electron chi connectivity index (χ0n) is 10.2. The maximum absolute atomic E-state index is 11.5. The Labute approximate surface area is 105 Å². The summed E-state index contributed by atoms with van der Waals surface area (Å²) in [4.78, 5) is 22.0. The van der Waals surface area contributed by atoms with Gasteiger partial charge in [0.05, 0.1) is 6.42 Å². The van der Waals surface area contributed by atoms with Gasteiger partial charge in [-0.3, -0.25) is 10.1 Å². The molecule has 1 aromatic rings. The molecular formula is C13H17NO4. The molecule has 5 nitrogen and oxygen atoms in total. The molecule has 3 N–H and O–H groups in total. The second-order valence-corrected chi connectivity index (χ2v) is 4.00. The van der Waals surface area contributed by atoms with Gasteiger partial charge in [0, 0.05) is 6.54 Å². The lowest BCUT2D eigenvalue weighted by molar-refractivity contribution is -0.146. The monoisotopic (exact) mass is 251 g/mol. The zero-order valence-corrected chi connectivity index (χ0v) is 10.2. The molecule has 0 amide bonds. The van der Waals surface area contributed by atoms with Crippen LogP contribution >= 0.6 is 0 Å². The standard InChI is InChI=1S/C13H17NO4/c1-2-13(12(17)18,14-9-8-11(15)16)10-6-4-3-5-7-10/h3-7,14H,2,8-9H2,1H3,(H,15,16)(H,17,18)/t13-/m0/s1. The molecule has 0 saturated heterocycles. The van der Waals surface area contributed by atoms with Gasteiger partial charge in [-0.2, -0.15) is 0 Å². The largest absolute Gasteiger partial charge is 0.481 e. The van der Waals surface area contributed by atoms with Crippen molar-refractivity contribution in [1.29, 1.82) is 0 Å². The summed E-state index contributed by atoms with van der Waals surface area (Å²) in [6.45, 7) is 1.87. The molecule has 1 aromatic carbocycles. The van der Waals surface area contributed by atoms with E-state index in [0.29, 0.717) is 12.0 Å². The third-order valence-corrected chi connectivity index (χ3v) is 2.93. The molecular weight excluding hydrogens is 234 g/mol. The predicted octanol–water partition coefficient (Wildman–Crippen LogP) is 1.44. The van der Waals surface area contributed by atoms with Crippen molar-refractivity contribution in [3.05, 3.63) is 35.9 Å². The summed E-state index contributed by atoms with van der Waals surface area (Å²) in [6, 6.07) is 8.79. The number of carboxylic acid groups (broad SMARTS) is 2. The lowest BCUT2D eigenvalue weighted by Gasteiger charge is -2.30. The molecule has 18 heavy (non-hydrogen) atoms. The van der Waals surface area contributed by atoms with E-state index in [-0.39, 0.29) is 13.0 Å². The van der Waals surface area contributed by atoms with E-state index in [2.05, 4.69) is 5.32 Å². The molecule has 0 unspecified atom stereocenters. The summed E-state index contributed by atoms with van der Waals surface area (Å²) in [5.74, 6) is -1.95. The van der Waals surface area contributed by atoms with Gasteiger partial charge in [-0.1, -0.05) is 37.3 Å². The Morgan fingerprint density at radius 1 is 1.22 bits per heavy atom. The van der Waals surface area contributed by atoms with Crippen LogP contribution in [0.1, 0.15) is 25.3 Å². The maximum atomic E-state index is 11.5. The van der Waals surface area contributed by atoms with Gasteiger partial charge in [0.1, 0.15) is 5.54 Å². The maximum Gasteiger partial charge on any atom is 0.328 e. The molecule has 0 spiro atoms. The van der Waals surface area contributed by atoms with Gasteiger partial charge in [0.15, 0.2) is 0 Å². The molecule has 0 fully saturated rings. The van der Waals surface area contributed by atoms with E-state index in [0.717, 1.165) is 0 Å². The topological polar surface area (TPSA) is 86.6 Å². The fraction of sp³-hybridized carbons (Fsp3) is 0.385. The van der Waals surface area contributed by atoms with Crippen LogP contribution in [0.2, 0.25) is 0 Å². The van der Waals surface area contributed by atoms with Crippen LogP contribution in [0, 0.1) is 0 Å². The van der Waals surface area contributed by atoms with E-state index >= 15 is 0 Å². The number of benzene rings is 1. The van der Waals surface area contributed by atoms with Crippen molar-refractivity contribution in [2.24, 2.45) is 0 Å². The second kappa shape index (κ2) is 6.16. The number of carbonyl (C=O) groups is 2. The first-order valence-corrected chi connectivity index (χ1v) is 5.78. The van der Waals surface area contributed by atoms with E-state index in [4.69, 9.17) is 5.11 Å². The predicted molar refractivity (Wildman–Crippen MR) is 66.3 cm³/mol. The number of aliphatic carboxylic acids is 2.